The molecule has 1 unspecified atom stereocenters. The van der Waals surface area contributed by atoms with E-state index in [0.717, 1.165) is 25.8 Å². The number of fused-ring (bicyclic) bond motifs is 1. The third kappa shape index (κ3) is 4.74. The van der Waals surface area contributed by atoms with Gasteiger partial charge in [-0.1, -0.05) is 19.9 Å². The molecule has 4 heteroatoms. The minimum absolute atomic E-state index is 0.100. The Bertz CT molecular complexity index is 486. The van der Waals surface area contributed by atoms with Gasteiger partial charge in [0.2, 0.25) is 5.91 Å². The van der Waals surface area contributed by atoms with Crippen molar-refractivity contribution in [2.24, 2.45) is 5.92 Å². The molecule has 0 aliphatic heterocycles. The summed E-state index contributed by atoms with van der Waals surface area (Å²) in [5.41, 5.74) is 2.49. The molecule has 0 saturated carbocycles. The Morgan fingerprint density at radius 1 is 1.43 bits per heavy atom. The summed E-state index contributed by atoms with van der Waals surface area (Å²) in [6.07, 6.45) is 3.78. The first-order valence-corrected chi connectivity index (χ1v) is 7.88. The maximum absolute atomic E-state index is 11.7. The van der Waals surface area contributed by atoms with Crippen molar-refractivity contribution in [2.75, 3.05) is 13.1 Å². The molecular formula is C17H26N2O2. The van der Waals surface area contributed by atoms with E-state index in [2.05, 4.69) is 24.5 Å². The largest absolute Gasteiger partial charge is 0.508 e. The molecule has 0 radical (unpaired) electrons. The fraction of sp³-hybridized carbons (Fsp3) is 0.588. The number of phenolic OH excluding ortho intramolecular Hbond substituents is 1. The van der Waals surface area contributed by atoms with Crippen molar-refractivity contribution in [1.29, 1.82) is 0 Å². The van der Waals surface area contributed by atoms with E-state index in [1.54, 1.807) is 6.07 Å². The highest BCUT2D eigenvalue weighted by Gasteiger charge is 2.20. The van der Waals surface area contributed by atoms with Crippen LogP contribution in [0, 0.1) is 5.92 Å². The molecule has 1 atom stereocenters. The van der Waals surface area contributed by atoms with Gasteiger partial charge >= 0.3 is 0 Å². The first-order valence-electron chi connectivity index (χ1n) is 7.88. The van der Waals surface area contributed by atoms with Gasteiger partial charge in [0.05, 0.1) is 0 Å². The Morgan fingerprint density at radius 2 is 2.24 bits per heavy atom. The van der Waals surface area contributed by atoms with E-state index >= 15 is 0 Å². The molecule has 1 amide bonds. The van der Waals surface area contributed by atoms with Crippen molar-refractivity contribution in [2.45, 2.75) is 45.6 Å². The van der Waals surface area contributed by atoms with Gasteiger partial charge in [0.1, 0.15) is 5.75 Å². The van der Waals surface area contributed by atoms with Gasteiger partial charge in [-0.15, -0.1) is 0 Å². The van der Waals surface area contributed by atoms with Gasteiger partial charge in [-0.2, -0.15) is 0 Å². The molecule has 0 heterocycles. The standard InChI is InChI=1S/C17H26N2O2/c1-12(2)11-19-17(21)8-9-18-16-5-3-4-13-6-7-14(20)10-15(13)16/h6-7,10,12,16,18,20H,3-5,8-9,11H2,1-2H3,(H,19,21). The zero-order valence-corrected chi connectivity index (χ0v) is 13.0. The third-order valence-electron chi connectivity index (χ3n) is 3.89. The zero-order valence-electron chi connectivity index (χ0n) is 13.0. The third-order valence-corrected chi connectivity index (χ3v) is 3.89. The summed E-state index contributed by atoms with van der Waals surface area (Å²) in [6.45, 7) is 5.58. The molecule has 1 aliphatic rings. The predicted octanol–water partition coefficient (Wildman–Crippen LogP) is 2.52. The first kappa shape index (κ1) is 15.8. The number of carbonyl (C=O) groups is 1. The number of amides is 1. The van der Waals surface area contributed by atoms with Gasteiger partial charge in [-0.05, 0) is 48.4 Å². The topological polar surface area (TPSA) is 61.4 Å². The van der Waals surface area contributed by atoms with Gasteiger partial charge in [0, 0.05) is 25.6 Å². The van der Waals surface area contributed by atoms with Crippen LogP contribution in [0.25, 0.3) is 0 Å². The normalized spacial score (nSPS) is 17.6. The van der Waals surface area contributed by atoms with Gasteiger partial charge in [-0.3, -0.25) is 4.79 Å². The molecule has 1 aromatic carbocycles. The Balaban J connectivity index is 1.82. The van der Waals surface area contributed by atoms with Crippen molar-refractivity contribution < 1.29 is 9.90 Å². The molecule has 0 saturated heterocycles. The van der Waals surface area contributed by atoms with Crippen LogP contribution in [0.3, 0.4) is 0 Å². The van der Waals surface area contributed by atoms with Gasteiger partial charge in [0.25, 0.3) is 0 Å². The van der Waals surface area contributed by atoms with Crippen LogP contribution < -0.4 is 10.6 Å². The van der Waals surface area contributed by atoms with E-state index in [-0.39, 0.29) is 11.9 Å². The lowest BCUT2D eigenvalue weighted by atomic mass is 9.87. The molecule has 1 aliphatic carbocycles. The van der Waals surface area contributed by atoms with Crippen LogP contribution in [-0.2, 0) is 11.2 Å². The summed E-state index contributed by atoms with van der Waals surface area (Å²) in [6, 6.07) is 5.86. The Hall–Kier alpha value is -1.55. The molecular weight excluding hydrogens is 264 g/mol. The molecule has 0 bridgehead atoms. The number of hydrogen-bond donors (Lipinski definition) is 3. The van der Waals surface area contributed by atoms with E-state index in [1.807, 2.05) is 12.1 Å². The van der Waals surface area contributed by atoms with E-state index in [1.165, 1.54) is 11.1 Å². The zero-order chi connectivity index (χ0) is 15.2. The number of hydrogen-bond acceptors (Lipinski definition) is 3. The van der Waals surface area contributed by atoms with Gasteiger partial charge in [0.15, 0.2) is 0 Å². The smallest absolute Gasteiger partial charge is 0.221 e. The molecule has 0 aromatic heterocycles. The fourth-order valence-electron chi connectivity index (χ4n) is 2.76. The second kappa shape index (κ2) is 7.46. The van der Waals surface area contributed by atoms with Crippen LogP contribution in [0.4, 0.5) is 0 Å². The molecule has 0 spiro atoms. The van der Waals surface area contributed by atoms with Crippen molar-refractivity contribution in [1.82, 2.24) is 10.6 Å². The highest BCUT2D eigenvalue weighted by molar-refractivity contribution is 5.76. The quantitative estimate of drug-likeness (QED) is 0.754. The summed E-state index contributed by atoms with van der Waals surface area (Å²) in [7, 11) is 0. The lowest BCUT2D eigenvalue weighted by Gasteiger charge is -2.26. The van der Waals surface area contributed by atoms with Crippen LogP contribution in [0.2, 0.25) is 0 Å². The fourth-order valence-corrected chi connectivity index (χ4v) is 2.76. The first-order chi connectivity index (χ1) is 10.1. The summed E-state index contributed by atoms with van der Waals surface area (Å²) in [4.78, 5) is 11.7. The molecule has 116 valence electrons. The number of nitrogens with one attached hydrogen (secondary N) is 2. The highest BCUT2D eigenvalue weighted by Crippen LogP contribution is 2.31. The van der Waals surface area contributed by atoms with E-state index in [0.29, 0.717) is 24.6 Å². The monoisotopic (exact) mass is 290 g/mol. The lowest BCUT2D eigenvalue weighted by molar-refractivity contribution is -0.121. The van der Waals surface area contributed by atoms with Crippen LogP contribution in [0.5, 0.6) is 5.75 Å². The summed E-state index contributed by atoms with van der Waals surface area (Å²) < 4.78 is 0. The average Bonchev–Trinajstić information content (AvgIpc) is 2.45. The average molecular weight is 290 g/mol. The SMILES string of the molecule is CC(C)CNC(=O)CCNC1CCCc2ccc(O)cc21. The summed E-state index contributed by atoms with van der Waals surface area (Å²) in [5, 5.41) is 16.0. The summed E-state index contributed by atoms with van der Waals surface area (Å²) in [5.74, 6) is 0.898. The van der Waals surface area contributed by atoms with Crippen molar-refractivity contribution in [3.05, 3.63) is 29.3 Å². The Kier molecular flexibility index (Phi) is 5.62. The number of aryl methyl sites for hydroxylation is 1. The van der Waals surface area contributed by atoms with Crippen LogP contribution in [0.1, 0.15) is 50.3 Å². The number of carbonyl (C=O) groups excluding carboxylic acids is 1. The van der Waals surface area contributed by atoms with Crippen molar-refractivity contribution >= 4 is 5.91 Å². The number of benzene rings is 1. The summed E-state index contributed by atoms with van der Waals surface area (Å²) >= 11 is 0. The van der Waals surface area contributed by atoms with Crippen LogP contribution >= 0.6 is 0 Å². The molecule has 4 nitrogen and oxygen atoms in total. The van der Waals surface area contributed by atoms with Crippen LogP contribution in [0.15, 0.2) is 18.2 Å². The predicted molar refractivity (Wildman–Crippen MR) is 84.3 cm³/mol. The van der Waals surface area contributed by atoms with E-state index < -0.39 is 0 Å². The second-order valence-corrected chi connectivity index (χ2v) is 6.23. The Morgan fingerprint density at radius 3 is 3.00 bits per heavy atom. The molecule has 21 heavy (non-hydrogen) atoms. The lowest BCUT2D eigenvalue weighted by Crippen LogP contribution is -2.32. The minimum Gasteiger partial charge on any atom is -0.508 e. The van der Waals surface area contributed by atoms with Crippen molar-refractivity contribution in [3.63, 3.8) is 0 Å². The van der Waals surface area contributed by atoms with E-state index in [4.69, 9.17) is 0 Å². The number of aromatic hydroxyl groups is 1. The maximum atomic E-state index is 11.7. The molecule has 2 rings (SSSR count). The highest BCUT2D eigenvalue weighted by atomic mass is 16.3. The van der Waals surface area contributed by atoms with Crippen LogP contribution in [-0.4, -0.2) is 24.1 Å². The number of rotatable bonds is 6. The minimum atomic E-state index is 0.100. The van der Waals surface area contributed by atoms with Gasteiger partial charge < -0.3 is 15.7 Å². The van der Waals surface area contributed by atoms with Crippen molar-refractivity contribution in [3.8, 4) is 5.75 Å². The second-order valence-electron chi connectivity index (χ2n) is 6.23. The van der Waals surface area contributed by atoms with Gasteiger partial charge in [-0.25, -0.2) is 0 Å². The maximum Gasteiger partial charge on any atom is 0.221 e. The molecule has 0 fully saturated rings. The van der Waals surface area contributed by atoms with E-state index in [9.17, 15) is 9.90 Å². The molecule has 1 aromatic rings. The Labute approximate surface area is 126 Å². The molecule has 3 N–H and O–H groups in total. The number of phenols is 1.